The Morgan fingerprint density at radius 2 is 1.86 bits per heavy atom. The lowest BCUT2D eigenvalue weighted by Crippen LogP contribution is -2.58. The number of rotatable bonds is 6. The zero-order valence-electron chi connectivity index (χ0n) is 19.2. The van der Waals surface area contributed by atoms with Crippen molar-refractivity contribution in [2.45, 2.75) is 49.7 Å². The largest absolute Gasteiger partial charge is 0.496 e. The van der Waals surface area contributed by atoms with Gasteiger partial charge in [-0.05, 0) is 36.6 Å². The number of carboxylic acids is 1. The van der Waals surface area contributed by atoms with Gasteiger partial charge in [-0.1, -0.05) is 54.2 Å². The molecule has 188 valence electrons. The van der Waals surface area contributed by atoms with Gasteiger partial charge in [0.15, 0.2) is 0 Å². The lowest BCUT2D eigenvalue weighted by Gasteiger charge is -2.48. The third kappa shape index (κ3) is 5.00. The maximum atomic E-state index is 14.0. The maximum Gasteiger partial charge on any atom is 0.313 e. The second kappa shape index (κ2) is 9.97. The highest BCUT2D eigenvalue weighted by molar-refractivity contribution is 7.88. The average molecular weight is 541 g/mol. The summed E-state index contributed by atoms with van der Waals surface area (Å²) in [7, 11) is -2.17. The maximum absolute atomic E-state index is 14.0. The number of benzene rings is 2. The molecular weight excluding hydrogens is 515 g/mol. The molecule has 2 aromatic rings. The van der Waals surface area contributed by atoms with E-state index in [2.05, 4.69) is 4.72 Å². The summed E-state index contributed by atoms with van der Waals surface area (Å²) in [5.74, 6) is -2.45. The number of carbonyl (C=O) groups excluding carboxylic acids is 1. The number of fused-ring (bicyclic) bond motifs is 1. The van der Waals surface area contributed by atoms with E-state index in [0.717, 1.165) is 19.1 Å². The predicted molar refractivity (Wildman–Crippen MR) is 133 cm³/mol. The molecule has 8 nitrogen and oxygen atoms in total. The molecule has 0 unspecified atom stereocenters. The Morgan fingerprint density at radius 3 is 2.51 bits per heavy atom. The molecule has 2 N–H and O–H groups in total. The number of methoxy groups -OCH3 is 1. The molecule has 11 heteroatoms. The minimum Gasteiger partial charge on any atom is -0.496 e. The van der Waals surface area contributed by atoms with Gasteiger partial charge in [0, 0.05) is 28.2 Å². The number of hydrogen-bond donors (Lipinski definition) is 2. The monoisotopic (exact) mass is 540 g/mol. The van der Waals surface area contributed by atoms with Gasteiger partial charge in [-0.2, -0.15) is 0 Å². The normalized spacial score (nSPS) is 24.7. The predicted octanol–water partition coefficient (Wildman–Crippen LogP) is 4.23. The van der Waals surface area contributed by atoms with E-state index in [1.807, 2.05) is 0 Å². The van der Waals surface area contributed by atoms with E-state index < -0.39 is 40.0 Å². The van der Waals surface area contributed by atoms with Crippen LogP contribution in [0.4, 0.5) is 0 Å². The fourth-order valence-corrected chi connectivity index (χ4v) is 6.77. The molecule has 1 aliphatic heterocycles. The van der Waals surface area contributed by atoms with Gasteiger partial charge in [-0.15, -0.1) is 0 Å². The average Bonchev–Trinajstić information content (AvgIpc) is 2.78. The highest BCUT2D eigenvalue weighted by Gasteiger charge is 2.50. The fourth-order valence-electron chi connectivity index (χ4n) is 5.36. The van der Waals surface area contributed by atoms with Gasteiger partial charge in [-0.3, -0.25) is 9.59 Å². The number of aliphatic carboxylic acids is 1. The third-order valence-electron chi connectivity index (χ3n) is 6.67. The van der Waals surface area contributed by atoms with Crippen LogP contribution >= 0.6 is 23.2 Å². The first-order chi connectivity index (χ1) is 16.5. The topological polar surface area (TPSA) is 113 Å². The van der Waals surface area contributed by atoms with Crippen LogP contribution in [-0.4, -0.2) is 55.7 Å². The number of sulfonamides is 1. The number of amides is 1. The van der Waals surface area contributed by atoms with Gasteiger partial charge < -0.3 is 14.7 Å². The van der Waals surface area contributed by atoms with Crippen molar-refractivity contribution in [1.82, 2.24) is 9.62 Å². The smallest absolute Gasteiger partial charge is 0.313 e. The van der Waals surface area contributed by atoms with Gasteiger partial charge >= 0.3 is 5.97 Å². The zero-order valence-corrected chi connectivity index (χ0v) is 21.5. The van der Waals surface area contributed by atoms with Gasteiger partial charge in [0.05, 0.1) is 24.4 Å². The van der Waals surface area contributed by atoms with E-state index in [-0.39, 0.29) is 22.2 Å². The Morgan fingerprint density at radius 1 is 1.17 bits per heavy atom. The minimum atomic E-state index is -3.58. The SMILES string of the molecule is COc1cc(Cl)cc(Cl)c1[C@H]1[C@H](C(=O)O)c2ccccc2C(=O)N1[C@H]1CCCC[C@@H]1NS(C)(=O)=O. The Hall–Kier alpha value is -2.33. The molecule has 1 aliphatic carbocycles. The molecule has 4 atom stereocenters. The van der Waals surface area contributed by atoms with Crippen LogP contribution in [-0.2, 0) is 14.8 Å². The first-order valence-electron chi connectivity index (χ1n) is 11.2. The van der Waals surface area contributed by atoms with Crippen molar-refractivity contribution in [2.75, 3.05) is 13.4 Å². The first kappa shape index (κ1) is 25.8. The van der Waals surface area contributed by atoms with Crippen LogP contribution in [0.5, 0.6) is 5.75 Å². The second-order valence-electron chi connectivity index (χ2n) is 8.91. The third-order valence-corrected chi connectivity index (χ3v) is 7.93. The summed E-state index contributed by atoms with van der Waals surface area (Å²) in [6.07, 6.45) is 3.62. The van der Waals surface area contributed by atoms with Crippen molar-refractivity contribution in [3.63, 3.8) is 0 Å². The van der Waals surface area contributed by atoms with Crippen LogP contribution in [0.15, 0.2) is 36.4 Å². The summed E-state index contributed by atoms with van der Waals surface area (Å²) >= 11 is 12.8. The van der Waals surface area contributed by atoms with E-state index in [9.17, 15) is 23.1 Å². The number of carboxylic acid groups (broad SMARTS) is 1. The summed E-state index contributed by atoms with van der Waals surface area (Å²) < 4.78 is 32.5. The molecular formula is C24H26Cl2N2O6S. The van der Waals surface area contributed by atoms with Crippen molar-refractivity contribution in [3.8, 4) is 5.75 Å². The first-order valence-corrected chi connectivity index (χ1v) is 13.8. The number of carbonyl (C=O) groups is 2. The summed E-state index contributed by atoms with van der Waals surface area (Å²) in [6, 6.07) is 7.36. The quantitative estimate of drug-likeness (QED) is 0.566. The van der Waals surface area contributed by atoms with Gasteiger partial charge in [0.1, 0.15) is 11.7 Å². The molecule has 0 aromatic heterocycles. The van der Waals surface area contributed by atoms with Gasteiger partial charge in [0.2, 0.25) is 10.0 Å². The molecule has 2 aromatic carbocycles. The Labute approximate surface area is 214 Å². The van der Waals surface area contributed by atoms with Gasteiger partial charge in [0.25, 0.3) is 5.91 Å². The molecule has 0 radical (unpaired) electrons. The number of hydrogen-bond acceptors (Lipinski definition) is 5. The Kier molecular flexibility index (Phi) is 7.33. The zero-order chi connectivity index (χ0) is 25.5. The van der Waals surface area contributed by atoms with Gasteiger partial charge in [-0.25, -0.2) is 13.1 Å². The number of nitrogens with zero attached hydrogens (tertiary/aromatic N) is 1. The molecule has 1 heterocycles. The highest BCUT2D eigenvalue weighted by atomic mass is 35.5. The standard InChI is InChI=1S/C24H26Cl2N2O6S/c1-34-19-12-13(25)11-16(26)21(19)22-20(24(30)31)14-7-3-4-8-15(14)23(29)28(22)18-10-6-5-9-17(18)27-35(2,32)33/h3-4,7-8,11-12,17-18,20,22,27H,5-6,9-10H2,1-2H3,(H,30,31)/t17-,18-,20+,22+/m0/s1. The lowest BCUT2D eigenvalue weighted by molar-refractivity contribution is -0.141. The molecule has 2 aliphatic rings. The van der Waals surface area contributed by atoms with Crippen molar-refractivity contribution < 1.29 is 27.9 Å². The molecule has 0 spiro atoms. The molecule has 35 heavy (non-hydrogen) atoms. The lowest BCUT2D eigenvalue weighted by atomic mass is 9.76. The van der Waals surface area contributed by atoms with Crippen LogP contribution in [0.2, 0.25) is 10.0 Å². The number of halogens is 2. The molecule has 1 fully saturated rings. The number of ether oxygens (including phenoxy) is 1. The van der Waals surface area contributed by atoms with Crippen molar-refractivity contribution in [3.05, 3.63) is 63.1 Å². The molecule has 0 saturated heterocycles. The minimum absolute atomic E-state index is 0.159. The van der Waals surface area contributed by atoms with Crippen molar-refractivity contribution >= 4 is 45.1 Å². The highest BCUT2D eigenvalue weighted by Crippen LogP contribution is 2.50. The summed E-state index contributed by atoms with van der Waals surface area (Å²) in [4.78, 5) is 28.3. The van der Waals surface area contributed by atoms with Crippen molar-refractivity contribution in [1.29, 1.82) is 0 Å². The van der Waals surface area contributed by atoms with E-state index in [1.54, 1.807) is 24.3 Å². The van der Waals surface area contributed by atoms with E-state index in [4.69, 9.17) is 27.9 Å². The molecule has 1 saturated carbocycles. The second-order valence-corrected chi connectivity index (χ2v) is 11.5. The molecule has 0 bridgehead atoms. The van der Waals surface area contributed by atoms with Crippen LogP contribution in [0.1, 0.15) is 59.1 Å². The summed E-state index contributed by atoms with van der Waals surface area (Å²) in [5.41, 5.74) is 0.948. The van der Waals surface area contributed by atoms with Crippen molar-refractivity contribution in [2.24, 2.45) is 0 Å². The van der Waals surface area contributed by atoms with E-state index in [1.165, 1.54) is 24.1 Å². The fraction of sp³-hybridized carbons (Fsp3) is 0.417. The van der Waals surface area contributed by atoms with E-state index in [0.29, 0.717) is 29.0 Å². The molecule has 1 amide bonds. The molecule has 4 rings (SSSR count). The number of nitrogens with one attached hydrogen (secondary N) is 1. The van der Waals surface area contributed by atoms with Crippen LogP contribution in [0, 0.1) is 0 Å². The van der Waals surface area contributed by atoms with Crippen LogP contribution < -0.4 is 9.46 Å². The van der Waals surface area contributed by atoms with E-state index >= 15 is 0 Å². The summed E-state index contributed by atoms with van der Waals surface area (Å²) in [6.45, 7) is 0. The summed E-state index contributed by atoms with van der Waals surface area (Å²) in [5, 5.41) is 10.9. The Bertz CT molecular complexity index is 1270. The van der Waals surface area contributed by atoms with Crippen LogP contribution in [0.25, 0.3) is 0 Å². The Balaban J connectivity index is 1.99. The van der Waals surface area contributed by atoms with Crippen LogP contribution in [0.3, 0.4) is 0 Å².